The molecule has 3 nitrogen and oxygen atoms in total. The molecular weight excluding hydrogens is 324 g/mol. The lowest BCUT2D eigenvalue weighted by molar-refractivity contribution is 0.125. The van der Waals surface area contributed by atoms with E-state index in [-0.39, 0.29) is 0 Å². The highest BCUT2D eigenvalue weighted by Crippen LogP contribution is 2.26. The largest absolute Gasteiger partial charge is 0.499 e. The van der Waals surface area contributed by atoms with E-state index < -0.39 is 25.7 Å². The summed E-state index contributed by atoms with van der Waals surface area (Å²) in [4.78, 5) is 0. The van der Waals surface area contributed by atoms with Gasteiger partial charge < -0.3 is 13.3 Å². The Bertz CT molecular complexity index is 414. The number of rotatable bonds is 10. The molecule has 1 aromatic carbocycles. The van der Waals surface area contributed by atoms with Gasteiger partial charge in [0.25, 0.3) is 0 Å². The van der Waals surface area contributed by atoms with Gasteiger partial charge in [0.1, 0.15) is 0 Å². The second-order valence-electron chi connectivity index (χ2n) is 6.61. The monoisotopic (exact) mass is 355 g/mol. The van der Waals surface area contributed by atoms with E-state index in [9.17, 15) is 0 Å². The highest BCUT2D eigenvalue weighted by molar-refractivity contribution is 6.81. The van der Waals surface area contributed by atoms with Crippen LogP contribution in [0.15, 0.2) is 30.3 Å². The van der Waals surface area contributed by atoms with Crippen molar-refractivity contribution >= 4 is 30.9 Å². The molecule has 0 unspecified atom stereocenters. The van der Waals surface area contributed by atoms with Gasteiger partial charge in [-0.15, -0.1) is 0 Å². The van der Waals surface area contributed by atoms with E-state index >= 15 is 0 Å². The highest BCUT2D eigenvalue weighted by atomic mass is 28.4. The first kappa shape index (κ1) is 19.8. The van der Waals surface area contributed by atoms with Crippen molar-refractivity contribution in [3.05, 3.63) is 30.3 Å². The Morgan fingerprint density at radius 3 is 1.91 bits per heavy atom. The van der Waals surface area contributed by atoms with Crippen molar-refractivity contribution < 1.29 is 13.3 Å². The lowest BCUT2D eigenvalue weighted by Crippen LogP contribution is -2.44. The molecular formula is C16H31O3Si3. The van der Waals surface area contributed by atoms with E-state index in [4.69, 9.17) is 13.3 Å². The standard InChI is InChI=1S/C16H31O3Si3/c1-17-22(18-2,19-3)15-14-21(5,6)13-12-20(4)16-10-8-7-9-11-16/h7-11H,12-15H2,1-6H3. The third-order valence-corrected chi connectivity index (χ3v) is 13.7. The number of hydrogen-bond donors (Lipinski definition) is 0. The number of hydrogen-bond acceptors (Lipinski definition) is 3. The van der Waals surface area contributed by atoms with Crippen LogP contribution >= 0.6 is 0 Å². The average Bonchev–Trinajstić information content (AvgIpc) is 2.55. The van der Waals surface area contributed by atoms with E-state index in [1.54, 1.807) is 26.5 Å². The highest BCUT2D eigenvalue weighted by Gasteiger charge is 2.39. The Kier molecular flexibility index (Phi) is 8.23. The fourth-order valence-electron chi connectivity index (χ4n) is 2.57. The minimum absolute atomic E-state index is 0.417. The molecule has 0 heterocycles. The molecule has 1 rings (SSSR count). The van der Waals surface area contributed by atoms with E-state index in [1.807, 2.05) is 0 Å². The molecule has 0 amide bonds. The van der Waals surface area contributed by atoms with Gasteiger partial charge in [0.2, 0.25) is 0 Å². The fourth-order valence-corrected chi connectivity index (χ4v) is 13.1. The molecule has 0 aromatic heterocycles. The Balaban J connectivity index is 2.50. The third kappa shape index (κ3) is 6.10. The molecule has 6 heteroatoms. The van der Waals surface area contributed by atoms with E-state index in [1.165, 1.54) is 18.1 Å². The first-order valence-corrected chi connectivity index (χ1v) is 15.5. The molecule has 0 saturated carbocycles. The van der Waals surface area contributed by atoms with Crippen LogP contribution in [0.5, 0.6) is 0 Å². The summed E-state index contributed by atoms with van der Waals surface area (Å²) >= 11 is 0. The van der Waals surface area contributed by atoms with Crippen molar-refractivity contribution in [3.63, 3.8) is 0 Å². The van der Waals surface area contributed by atoms with Gasteiger partial charge in [-0.25, -0.2) is 0 Å². The van der Waals surface area contributed by atoms with Crippen LogP contribution in [0.3, 0.4) is 0 Å². The van der Waals surface area contributed by atoms with Gasteiger partial charge in [0.15, 0.2) is 0 Å². The van der Waals surface area contributed by atoms with Crippen LogP contribution in [-0.4, -0.2) is 47.0 Å². The van der Waals surface area contributed by atoms with Crippen LogP contribution in [0.25, 0.3) is 0 Å². The maximum atomic E-state index is 5.55. The second-order valence-corrected chi connectivity index (χ2v) is 17.7. The lowest BCUT2D eigenvalue weighted by atomic mass is 10.4. The zero-order valence-electron chi connectivity index (χ0n) is 14.9. The summed E-state index contributed by atoms with van der Waals surface area (Å²) in [6.45, 7) is 7.39. The lowest BCUT2D eigenvalue weighted by Gasteiger charge is -2.29. The van der Waals surface area contributed by atoms with E-state index in [0.29, 0.717) is 0 Å². The van der Waals surface area contributed by atoms with Crippen LogP contribution in [-0.2, 0) is 13.3 Å². The Morgan fingerprint density at radius 2 is 1.41 bits per heavy atom. The van der Waals surface area contributed by atoms with Crippen molar-refractivity contribution in [1.82, 2.24) is 0 Å². The summed E-state index contributed by atoms with van der Waals surface area (Å²) in [5.41, 5.74) is 0. The van der Waals surface area contributed by atoms with Crippen molar-refractivity contribution in [1.29, 1.82) is 0 Å². The average molecular weight is 356 g/mol. The smallest absolute Gasteiger partial charge is 0.377 e. The Labute approximate surface area is 140 Å². The molecule has 0 atom stereocenters. The summed E-state index contributed by atoms with van der Waals surface area (Å²) in [6, 6.07) is 15.8. The van der Waals surface area contributed by atoms with Gasteiger partial charge in [-0.1, -0.05) is 73.3 Å². The molecule has 0 N–H and O–H groups in total. The van der Waals surface area contributed by atoms with Crippen LogP contribution in [0.2, 0.25) is 43.8 Å². The van der Waals surface area contributed by atoms with Crippen molar-refractivity contribution in [2.75, 3.05) is 21.3 Å². The van der Waals surface area contributed by atoms with Crippen molar-refractivity contribution in [2.45, 2.75) is 43.8 Å². The van der Waals surface area contributed by atoms with Crippen LogP contribution < -0.4 is 5.19 Å². The molecule has 0 aliphatic heterocycles. The van der Waals surface area contributed by atoms with Crippen LogP contribution in [0.1, 0.15) is 0 Å². The summed E-state index contributed by atoms with van der Waals surface area (Å²) < 4.78 is 16.6. The van der Waals surface area contributed by atoms with Crippen LogP contribution in [0, 0.1) is 0 Å². The molecule has 0 fully saturated rings. The number of benzene rings is 1. The molecule has 1 radical (unpaired) electrons. The van der Waals surface area contributed by atoms with Gasteiger partial charge >= 0.3 is 8.80 Å². The van der Waals surface area contributed by atoms with Gasteiger partial charge in [-0.05, 0) is 0 Å². The SMILES string of the molecule is CO[Si](CC[Si](C)(C)CC[Si](C)c1ccccc1)(OC)OC. The maximum Gasteiger partial charge on any atom is 0.499 e. The molecule has 1 aromatic rings. The van der Waals surface area contributed by atoms with Gasteiger partial charge in [-0.3, -0.25) is 0 Å². The van der Waals surface area contributed by atoms with Crippen LogP contribution in [0.4, 0.5) is 0 Å². The van der Waals surface area contributed by atoms with E-state index in [2.05, 4.69) is 50.0 Å². The first-order valence-electron chi connectivity index (χ1n) is 7.91. The third-order valence-electron chi connectivity index (χ3n) is 4.48. The van der Waals surface area contributed by atoms with Crippen molar-refractivity contribution in [3.8, 4) is 0 Å². The fraction of sp³-hybridized carbons (Fsp3) is 0.625. The normalized spacial score (nSPS) is 12.9. The topological polar surface area (TPSA) is 27.7 Å². The Hall–Kier alpha value is -0.249. The summed E-state index contributed by atoms with van der Waals surface area (Å²) in [7, 11) is 1.06. The molecule has 0 aliphatic rings. The molecule has 22 heavy (non-hydrogen) atoms. The predicted octanol–water partition coefficient (Wildman–Crippen LogP) is 3.60. The molecule has 125 valence electrons. The molecule has 0 aliphatic carbocycles. The minimum atomic E-state index is -2.40. The van der Waals surface area contributed by atoms with Gasteiger partial charge in [-0.2, -0.15) is 0 Å². The van der Waals surface area contributed by atoms with Gasteiger partial charge in [0, 0.05) is 35.4 Å². The molecule has 0 spiro atoms. The molecule has 0 bridgehead atoms. The zero-order valence-corrected chi connectivity index (χ0v) is 17.9. The zero-order chi connectivity index (χ0) is 16.6. The first-order chi connectivity index (χ1) is 10.4. The van der Waals surface area contributed by atoms with E-state index in [0.717, 1.165) is 6.04 Å². The molecule has 0 saturated heterocycles. The minimum Gasteiger partial charge on any atom is -0.377 e. The van der Waals surface area contributed by atoms with Gasteiger partial charge in [0.05, 0.1) is 8.80 Å². The Morgan fingerprint density at radius 1 is 0.864 bits per heavy atom. The maximum absolute atomic E-state index is 5.55. The second kappa shape index (κ2) is 9.15. The summed E-state index contributed by atoms with van der Waals surface area (Å²) in [5, 5.41) is 1.55. The predicted molar refractivity (Wildman–Crippen MR) is 101 cm³/mol. The van der Waals surface area contributed by atoms with Crippen molar-refractivity contribution in [2.24, 2.45) is 0 Å². The summed E-state index contributed by atoms with van der Waals surface area (Å²) in [5.74, 6) is 0. The quantitative estimate of drug-likeness (QED) is 0.600. The summed E-state index contributed by atoms with van der Waals surface area (Å²) in [6.07, 6.45) is 0.